The summed E-state index contributed by atoms with van der Waals surface area (Å²) in [6.45, 7) is 7.01. The maximum Gasteiger partial charge on any atom is 0.254 e. The van der Waals surface area contributed by atoms with E-state index in [4.69, 9.17) is 9.84 Å². The molecule has 0 unspecified atom stereocenters. The van der Waals surface area contributed by atoms with Crippen LogP contribution in [0.4, 0.5) is 0 Å². The molecule has 0 radical (unpaired) electrons. The summed E-state index contributed by atoms with van der Waals surface area (Å²) in [5, 5.41) is 7.57. The fourth-order valence-electron chi connectivity index (χ4n) is 3.14. The van der Waals surface area contributed by atoms with Gasteiger partial charge in [0.25, 0.3) is 5.91 Å². The second-order valence-electron chi connectivity index (χ2n) is 6.52. The molecule has 0 aliphatic carbocycles. The molecule has 3 rings (SSSR count). The van der Waals surface area contributed by atoms with Crippen LogP contribution in [0.5, 0.6) is 0 Å². The lowest BCUT2D eigenvalue weighted by Gasteiger charge is -2.14. The molecule has 0 aliphatic rings. The molecule has 136 valence electrons. The van der Waals surface area contributed by atoms with Gasteiger partial charge in [-0.2, -0.15) is 5.10 Å². The van der Waals surface area contributed by atoms with Gasteiger partial charge in [-0.05, 0) is 18.4 Å². The maximum absolute atomic E-state index is 12.6. The Balaban J connectivity index is 2.13. The Morgan fingerprint density at radius 2 is 2.00 bits per heavy atom. The highest BCUT2D eigenvalue weighted by atomic mass is 16.5. The molecule has 0 aliphatic heterocycles. The van der Waals surface area contributed by atoms with Crippen molar-refractivity contribution in [3.8, 4) is 11.1 Å². The number of ether oxygens (including phenoxy) is 1. The average Bonchev–Trinajstić information content (AvgIpc) is 2.97. The summed E-state index contributed by atoms with van der Waals surface area (Å²) in [6, 6.07) is 10.1. The summed E-state index contributed by atoms with van der Waals surface area (Å²) in [4.78, 5) is 17.2. The molecule has 2 aromatic heterocycles. The van der Waals surface area contributed by atoms with Gasteiger partial charge < -0.3 is 10.1 Å². The van der Waals surface area contributed by atoms with Gasteiger partial charge in [-0.3, -0.25) is 4.79 Å². The quantitative estimate of drug-likeness (QED) is 0.692. The third kappa shape index (κ3) is 3.32. The topological polar surface area (TPSA) is 68.5 Å². The zero-order chi connectivity index (χ0) is 18.7. The van der Waals surface area contributed by atoms with E-state index in [0.717, 1.165) is 28.2 Å². The highest BCUT2D eigenvalue weighted by molar-refractivity contribution is 5.96. The summed E-state index contributed by atoms with van der Waals surface area (Å²) in [5.74, 6) is -0.0406. The molecule has 1 aromatic carbocycles. The first-order valence-electron chi connectivity index (χ1n) is 8.75. The van der Waals surface area contributed by atoms with Gasteiger partial charge >= 0.3 is 0 Å². The minimum absolute atomic E-state index is 0.117. The van der Waals surface area contributed by atoms with Crippen molar-refractivity contribution in [1.82, 2.24) is 19.9 Å². The number of nitrogens with zero attached hydrogens (tertiary/aromatic N) is 3. The maximum atomic E-state index is 12.6. The van der Waals surface area contributed by atoms with Crippen LogP contribution in [0.1, 0.15) is 41.5 Å². The van der Waals surface area contributed by atoms with Gasteiger partial charge in [0, 0.05) is 25.4 Å². The minimum Gasteiger partial charge on any atom is -0.383 e. The average molecular weight is 352 g/mol. The van der Waals surface area contributed by atoms with Crippen LogP contribution in [0.25, 0.3) is 16.8 Å². The van der Waals surface area contributed by atoms with Crippen molar-refractivity contribution in [2.45, 2.75) is 26.7 Å². The molecule has 6 nitrogen and oxygen atoms in total. The zero-order valence-electron chi connectivity index (χ0n) is 15.6. The summed E-state index contributed by atoms with van der Waals surface area (Å²) in [5.41, 5.74) is 5.13. The molecule has 0 bridgehead atoms. The highest BCUT2D eigenvalue weighted by Gasteiger charge is 2.22. The van der Waals surface area contributed by atoms with E-state index in [2.05, 4.69) is 24.1 Å². The third-order valence-corrected chi connectivity index (χ3v) is 4.30. The second-order valence-corrected chi connectivity index (χ2v) is 6.52. The van der Waals surface area contributed by atoms with Crippen molar-refractivity contribution in [2.75, 3.05) is 20.3 Å². The molecule has 1 N–H and O–H groups in total. The lowest BCUT2D eigenvalue weighted by atomic mass is 10.0. The molecule has 0 saturated heterocycles. The molecule has 2 heterocycles. The largest absolute Gasteiger partial charge is 0.383 e. The molecule has 3 aromatic rings. The Kier molecular flexibility index (Phi) is 5.32. The molecule has 0 fully saturated rings. The zero-order valence-corrected chi connectivity index (χ0v) is 15.6. The lowest BCUT2D eigenvalue weighted by molar-refractivity contribution is 0.0934. The summed E-state index contributed by atoms with van der Waals surface area (Å²) < 4.78 is 6.81. The predicted octanol–water partition coefficient (Wildman–Crippen LogP) is 3.20. The first-order valence-corrected chi connectivity index (χ1v) is 8.75. The number of carbonyl (C=O) groups excluding carboxylic acids is 1. The van der Waals surface area contributed by atoms with Crippen LogP contribution in [0.15, 0.2) is 36.5 Å². The number of rotatable bonds is 6. The summed E-state index contributed by atoms with van der Waals surface area (Å²) in [6.07, 6.45) is 1.65. The molecule has 1 amide bonds. The van der Waals surface area contributed by atoms with Gasteiger partial charge in [0.15, 0.2) is 5.65 Å². The Bertz CT molecular complexity index is 916. The number of benzene rings is 1. The SMILES string of the molecule is COCCNC(=O)c1cnc2c(-c3ccccc3)c(C)nn2c1C(C)C. The number of fused-ring (bicyclic) bond motifs is 1. The smallest absolute Gasteiger partial charge is 0.254 e. The van der Waals surface area contributed by atoms with Crippen molar-refractivity contribution in [3.63, 3.8) is 0 Å². The molecule has 0 atom stereocenters. The highest BCUT2D eigenvalue weighted by Crippen LogP contribution is 2.30. The Morgan fingerprint density at radius 1 is 1.27 bits per heavy atom. The number of hydrogen-bond donors (Lipinski definition) is 1. The number of nitrogens with one attached hydrogen (secondary N) is 1. The lowest BCUT2D eigenvalue weighted by Crippen LogP contribution is -2.29. The van der Waals surface area contributed by atoms with Crippen molar-refractivity contribution in [3.05, 3.63) is 53.5 Å². The van der Waals surface area contributed by atoms with Gasteiger partial charge in [-0.1, -0.05) is 44.2 Å². The molecular weight excluding hydrogens is 328 g/mol. The summed E-state index contributed by atoms with van der Waals surface area (Å²) in [7, 11) is 1.61. The predicted molar refractivity (Wildman–Crippen MR) is 101 cm³/mol. The molecule has 26 heavy (non-hydrogen) atoms. The number of aryl methyl sites for hydroxylation is 1. The van der Waals surface area contributed by atoms with Gasteiger partial charge in [-0.15, -0.1) is 0 Å². The number of aromatic nitrogens is 3. The number of carbonyl (C=O) groups is 1. The van der Waals surface area contributed by atoms with Crippen molar-refractivity contribution in [2.24, 2.45) is 0 Å². The Hall–Kier alpha value is -2.73. The van der Waals surface area contributed by atoms with E-state index in [1.807, 2.05) is 41.8 Å². The fraction of sp³-hybridized carbons (Fsp3) is 0.350. The second kappa shape index (κ2) is 7.66. The van der Waals surface area contributed by atoms with Gasteiger partial charge in [0.2, 0.25) is 0 Å². The van der Waals surface area contributed by atoms with E-state index >= 15 is 0 Å². The first kappa shape index (κ1) is 18.1. The summed E-state index contributed by atoms with van der Waals surface area (Å²) >= 11 is 0. The normalized spacial score (nSPS) is 11.3. The van der Waals surface area contributed by atoms with Crippen LogP contribution >= 0.6 is 0 Å². The standard InChI is InChI=1S/C20H24N4O2/c1-13(2)18-16(20(25)21-10-11-26-4)12-22-19-17(14(3)23-24(18)19)15-8-6-5-7-9-15/h5-9,12-13H,10-11H2,1-4H3,(H,21,25). The number of methoxy groups -OCH3 is 1. The molecular formula is C20H24N4O2. The Morgan fingerprint density at radius 3 is 2.65 bits per heavy atom. The minimum atomic E-state index is -0.158. The van der Waals surface area contributed by atoms with E-state index in [1.165, 1.54) is 0 Å². The van der Waals surface area contributed by atoms with Gasteiger partial charge in [-0.25, -0.2) is 9.50 Å². The van der Waals surface area contributed by atoms with E-state index in [-0.39, 0.29) is 11.8 Å². The molecule has 0 spiro atoms. The van der Waals surface area contributed by atoms with Gasteiger partial charge in [0.1, 0.15) is 0 Å². The van der Waals surface area contributed by atoms with Crippen LogP contribution in [-0.4, -0.2) is 40.8 Å². The number of hydrogen-bond acceptors (Lipinski definition) is 4. The van der Waals surface area contributed by atoms with Crippen LogP contribution in [0.2, 0.25) is 0 Å². The van der Waals surface area contributed by atoms with Crippen LogP contribution in [0.3, 0.4) is 0 Å². The monoisotopic (exact) mass is 352 g/mol. The molecule has 6 heteroatoms. The van der Waals surface area contributed by atoms with Crippen molar-refractivity contribution >= 4 is 11.6 Å². The number of amides is 1. The van der Waals surface area contributed by atoms with Crippen LogP contribution < -0.4 is 5.32 Å². The van der Waals surface area contributed by atoms with Gasteiger partial charge in [0.05, 0.1) is 23.6 Å². The van der Waals surface area contributed by atoms with E-state index in [1.54, 1.807) is 13.3 Å². The van der Waals surface area contributed by atoms with E-state index in [0.29, 0.717) is 18.7 Å². The Labute approximate surface area is 153 Å². The van der Waals surface area contributed by atoms with Crippen LogP contribution in [0, 0.1) is 6.92 Å². The van der Waals surface area contributed by atoms with Crippen molar-refractivity contribution < 1.29 is 9.53 Å². The van der Waals surface area contributed by atoms with E-state index < -0.39 is 0 Å². The third-order valence-electron chi connectivity index (χ3n) is 4.30. The van der Waals surface area contributed by atoms with Crippen LogP contribution in [-0.2, 0) is 4.74 Å². The fourth-order valence-corrected chi connectivity index (χ4v) is 3.14. The van der Waals surface area contributed by atoms with Crippen molar-refractivity contribution in [1.29, 1.82) is 0 Å². The van der Waals surface area contributed by atoms with E-state index in [9.17, 15) is 4.79 Å². The first-order chi connectivity index (χ1) is 12.5. The molecule has 0 saturated carbocycles.